The molecule has 5 heteroatoms. The molecular formula is C19H35NiO4. The number of phenolic OH excluding ortho intramolecular Hbond substituents is 1. The van der Waals surface area contributed by atoms with Crippen molar-refractivity contribution in [1.29, 1.82) is 0 Å². The predicted octanol–water partition coefficient (Wildman–Crippen LogP) is 1.69. The molecule has 0 aliphatic heterocycles. The van der Waals surface area contributed by atoms with Gasteiger partial charge in [-0.05, 0) is 40.9 Å². The van der Waals surface area contributed by atoms with Gasteiger partial charge in [0.05, 0.1) is 0 Å². The van der Waals surface area contributed by atoms with E-state index in [4.69, 9.17) is 15.3 Å². The van der Waals surface area contributed by atoms with Crippen molar-refractivity contribution in [2.24, 2.45) is 0 Å². The molecule has 0 saturated carbocycles. The summed E-state index contributed by atoms with van der Waals surface area (Å²) in [6, 6.07) is 6.08. The van der Waals surface area contributed by atoms with E-state index in [-0.39, 0.29) is 27.3 Å². The van der Waals surface area contributed by atoms with Crippen molar-refractivity contribution in [1.82, 2.24) is 0 Å². The van der Waals surface area contributed by atoms with Gasteiger partial charge in [0.2, 0.25) is 0 Å². The molecule has 0 saturated heterocycles. The van der Waals surface area contributed by atoms with E-state index in [2.05, 4.69) is 47.6 Å². The summed E-state index contributed by atoms with van der Waals surface area (Å²) in [7, 11) is 2.25. The number of aromatic hydroxyl groups is 1. The maximum atomic E-state index is 10.0. The number of rotatable bonds is 4. The van der Waals surface area contributed by atoms with Crippen molar-refractivity contribution in [3.8, 4) is 5.75 Å². The van der Waals surface area contributed by atoms with Gasteiger partial charge in [-0.1, -0.05) is 53.7 Å². The molecule has 1 aromatic rings. The van der Waals surface area contributed by atoms with Crippen LogP contribution in [0.5, 0.6) is 5.75 Å². The Hall–Kier alpha value is -0.606. The van der Waals surface area contributed by atoms with E-state index >= 15 is 0 Å². The second-order valence-electron chi connectivity index (χ2n) is 6.21. The minimum atomic E-state index is 0. The maximum Gasteiger partial charge on any atom is 3.00 e. The molecule has 145 valence electrons. The number of hydrogen-bond acceptors (Lipinski definition) is 4. The summed E-state index contributed by atoms with van der Waals surface area (Å²) in [6.07, 6.45) is 2.13. The van der Waals surface area contributed by atoms with Crippen LogP contribution in [0.1, 0.15) is 65.5 Å². The Morgan fingerprint density at radius 1 is 0.792 bits per heavy atom. The monoisotopic (exact) mass is 385 g/mol. The topological polar surface area (TPSA) is 89.4 Å². The standard InChI is InChI=1S/C16H26O.3CH3O.Ni/c1-7-15(3,4)12-9-10-14(17)13(11-12)16(5,6)8-2;3*1-2;/h9-11,17H,7-8H2,1-6H3;3*1H3;/q;3*-1;+3. The summed E-state index contributed by atoms with van der Waals surface area (Å²) in [4.78, 5) is 0. The van der Waals surface area contributed by atoms with Crippen LogP contribution in [0.4, 0.5) is 0 Å². The molecule has 0 spiro atoms. The van der Waals surface area contributed by atoms with Crippen molar-refractivity contribution >= 4 is 0 Å². The fraction of sp³-hybridized carbons (Fsp3) is 0.684. The van der Waals surface area contributed by atoms with E-state index < -0.39 is 0 Å². The third-order valence-electron chi connectivity index (χ3n) is 4.27. The number of hydrogen-bond donors (Lipinski definition) is 1. The quantitative estimate of drug-likeness (QED) is 0.798. The van der Waals surface area contributed by atoms with Gasteiger partial charge in [-0.25, -0.2) is 0 Å². The van der Waals surface area contributed by atoms with E-state index in [1.54, 1.807) is 0 Å². The summed E-state index contributed by atoms with van der Waals surface area (Å²) in [5.41, 5.74) is 2.59. The van der Waals surface area contributed by atoms with Gasteiger partial charge in [0, 0.05) is 0 Å². The fourth-order valence-electron chi connectivity index (χ4n) is 1.89. The van der Waals surface area contributed by atoms with Crippen LogP contribution >= 0.6 is 0 Å². The zero-order chi connectivity index (χ0) is 19.3. The molecule has 0 fully saturated rings. The van der Waals surface area contributed by atoms with Gasteiger partial charge in [0.1, 0.15) is 5.75 Å². The Balaban J connectivity index is -0.000000256. The largest absolute Gasteiger partial charge is 3.00 e. The summed E-state index contributed by atoms with van der Waals surface area (Å²) < 4.78 is 0. The van der Waals surface area contributed by atoms with Gasteiger partial charge in [-0.15, -0.1) is 0 Å². The van der Waals surface area contributed by atoms with E-state index in [9.17, 15) is 5.11 Å². The van der Waals surface area contributed by atoms with Crippen LogP contribution in [0.2, 0.25) is 0 Å². The van der Waals surface area contributed by atoms with Crippen molar-refractivity contribution in [3.05, 3.63) is 29.3 Å². The molecule has 0 bridgehead atoms. The SMILES string of the molecule is CCC(C)(C)c1ccc(O)c(C(C)(C)CC)c1.C[O-].C[O-].C[O-].[Ni+3]. The molecule has 0 amide bonds. The van der Waals surface area contributed by atoms with E-state index in [1.807, 2.05) is 12.1 Å². The van der Waals surface area contributed by atoms with E-state index in [0.29, 0.717) is 5.75 Å². The molecular weight excluding hydrogens is 351 g/mol. The van der Waals surface area contributed by atoms with Crippen LogP contribution in [-0.2, 0) is 27.3 Å². The van der Waals surface area contributed by atoms with Gasteiger partial charge in [0.15, 0.2) is 0 Å². The molecule has 1 aromatic carbocycles. The van der Waals surface area contributed by atoms with E-state index in [0.717, 1.165) is 39.7 Å². The third-order valence-corrected chi connectivity index (χ3v) is 4.27. The number of benzene rings is 1. The van der Waals surface area contributed by atoms with Gasteiger partial charge in [-0.3, -0.25) is 0 Å². The average molecular weight is 386 g/mol. The second-order valence-corrected chi connectivity index (χ2v) is 6.21. The van der Waals surface area contributed by atoms with Crippen LogP contribution in [-0.4, -0.2) is 26.4 Å². The van der Waals surface area contributed by atoms with Gasteiger partial charge < -0.3 is 20.4 Å². The molecule has 24 heavy (non-hydrogen) atoms. The first-order chi connectivity index (χ1) is 10.7. The Labute approximate surface area is 158 Å². The summed E-state index contributed by atoms with van der Waals surface area (Å²) in [5, 5.41) is 34.8. The Kier molecular flexibility index (Phi) is 20.7. The summed E-state index contributed by atoms with van der Waals surface area (Å²) >= 11 is 0. The van der Waals surface area contributed by atoms with Crippen LogP contribution in [0.15, 0.2) is 18.2 Å². The van der Waals surface area contributed by atoms with Crippen molar-refractivity contribution in [2.75, 3.05) is 21.3 Å². The third kappa shape index (κ3) is 9.63. The second kappa shape index (κ2) is 15.9. The van der Waals surface area contributed by atoms with Crippen LogP contribution in [0, 0.1) is 0 Å². The minimum Gasteiger partial charge on any atom is -0.857 e. The smallest absolute Gasteiger partial charge is 0.857 e. The van der Waals surface area contributed by atoms with Crippen molar-refractivity contribution in [2.45, 2.75) is 65.2 Å². The Morgan fingerprint density at radius 3 is 1.50 bits per heavy atom. The Morgan fingerprint density at radius 2 is 1.17 bits per heavy atom. The zero-order valence-corrected chi connectivity index (χ0v) is 17.6. The fourth-order valence-corrected chi connectivity index (χ4v) is 1.89. The molecule has 0 aromatic heterocycles. The number of phenols is 1. The summed E-state index contributed by atoms with van der Waals surface area (Å²) in [6.45, 7) is 13.2. The molecule has 1 N–H and O–H groups in total. The van der Waals surface area contributed by atoms with Gasteiger partial charge >= 0.3 is 16.5 Å². The summed E-state index contributed by atoms with van der Waals surface area (Å²) in [5.74, 6) is 0.424. The first-order valence-electron chi connectivity index (χ1n) is 7.81. The molecule has 1 radical (unpaired) electrons. The first-order valence-corrected chi connectivity index (χ1v) is 7.81. The van der Waals surface area contributed by atoms with Crippen LogP contribution < -0.4 is 15.3 Å². The first kappa shape index (κ1) is 31.2. The van der Waals surface area contributed by atoms with E-state index in [1.165, 1.54) is 5.56 Å². The molecule has 0 atom stereocenters. The van der Waals surface area contributed by atoms with Crippen molar-refractivity contribution in [3.63, 3.8) is 0 Å². The average Bonchev–Trinajstić information content (AvgIpc) is 2.60. The molecule has 0 heterocycles. The zero-order valence-electron chi connectivity index (χ0n) is 16.6. The van der Waals surface area contributed by atoms with Crippen molar-refractivity contribution < 1.29 is 36.9 Å². The molecule has 4 nitrogen and oxygen atoms in total. The molecule has 0 aliphatic rings. The normalized spacial score (nSPS) is 9.83. The van der Waals surface area contributed by atoms with Crippen LogP contribution in [0.3, 0.4) is 0 Å². The molecule has 0 aliphatic carbocycles. The van der Waals surface area contributed by atoms with Crippen LogP contribution in [0.25, 0.3) is 0 Å². The predicted molar refractivity (Wildman–Crippen MR) is 92.5 cm³/mol. The maximum absolute atomic E-state index is 10.0. The molecule has 0 unspecified atom stereocenters. The molecule has 1 rings (SSSR count). The van der Waals surface area contributed by atoms with Gasteiger partial charge in [-0.2, -0.15) is 21.3 Å². The Bertz CT molecular complexity index is 404. The van der Waals surface area contributed by atoms with Gasteiger partial charge in [0.25, 0.3) is 0 Å². The minimum absolute atomic E-state index is 0.